The van der Waals surface area contributed by atoms with Crippen molar-refractivity contribution >= 4 is 21.8 Å². The molecule has 0 aliphatic rings. The molecule has 1 N–H and O–H groups in total. The largest absolute Gasteiger partial charge is 0.352 e. The standard InChI is InChI=1S/C32H41N3O4S/c1-5-26(3)33-32(37)30(23-27-16-8-6-9-17-27)35(24-28-18-13-12-15-25(28)2)31(36)21-14-22-34(4)40(38,39)29-19-10-7-11-20-29/h6-13,15-20,26,30H,5,14,21-24H2,1-4H3,(H,33,37)/t26-,30+/m1/s1. The zero-order valence-electron chi connectivity index (χ0n) is 23.9. The van der Waals surface area contributed by atoms with Gasteiger partial charge in [0.25, 0.3) is 0 Å². The molecule has 0 fully saturated rings. The van der Waals surface area contributed by atoms with Crippen molar-refractivity contribution in [3.8, 4) is 0 Å². The third kappa shape index (κ3) is 8.50. The Hall–Kier alpha value is -3.49. The number of carbonyl (C=O) groups is 2. The Morgan fingerprint density at radius 2 is 1.50 bits per heavy atom. The molecule has 0 aliphatic carbocycles. The van der Waals surface area contributed by atoms with Crippen molar-refractivity contribution in [2.75, 3.05) is 13.6 Å². The summed E-state index contributed by atoms with van der Waals surface area (Å²) in [5, 5.41) is 3.08. The highest BCUT2D eigenvalue weighted by Crippen LogP contribution is 2.20. The quantitative estimate of drug-likeness (QED) is 0.301. The Bertz CT molecular complexity index is 1350. The lowest BCUT2D eigenvalue weighted by Gasteiger charge is -2.33. The molecule has 7 nitrogen and oxygen atoms in total. The zero-order chi connectivity index (χ0) is 29.1. The first-order valence-corrected chi connectivity index (χ1v) is 15.3. The SMILES string of the molecule is CC[C@@H](C)NC(=O)[C@H](Cc1ccccc1)N(Cc1ccccc1C)C(=O)CCCN(C)S(=O)(=O)c1ccccc1. The number of sulfonamides is 1. The number of nitrogens with one attached hydrogen (secondary N) is 1. The smallest absolute Gasteiger partial charge is 0.243 e. The minimum absolute atomic E-state index is 0.0296. The summed E-state index contributed by atoms with van der Waals surface area (Å²) in [6.45, 7) is 6.42. The topological polar surface area (TPSA) is 86.8 Å². The van der Waals surface area contributed by atoms with Crippen LogP contribution in [0.5, 0.6) is 0 Å². The highest BCUT2D eigenvalue weighted by atomic mass is 32.2. The molecule has 0 aromatic heterocycles. The van der Waals surface area contributed by atoms with E-state index in [4.69, 9.17) is 0 Å². The third-order valence-electron chi connectivity index (χ3n) is 7.19. The van der Waals surface area contributed by atoms with Crippen molar-refractivity contribution in [1.29, 1.82) is 0 Å². The van der Waals surface area contributed by atoms with Gasteiger partial charge in [-0.2, -0.15) is 0 Å². The number of carbonyl (C=O) groups excluding carboxylic acids is 2. The van der Waals surface area contributed by atoms with E-state index in [0.29, 0.717) is 12.8 Å². The predicted octanol–water partition coefficient (Wildman–Crippen LogP) is 4.95. The second kappa shape index (κ2) is 14.8. The fraction of sp³-hybridized carbons (Fsp3) is 0.375. The molecule has 0 bridgehead atoms. The van der Waals surface area contributed by atoms with Crippen molar-refractivity contribution in [1.82, 2.24) is 14.5 Å². The van der Waals surface area contributed by atoms with Crippen LogP contribution in [0.1, 0.15) is 49.8 Å². The maximum atomic E-state index is 13.8. The molecule has 214 valence electrons. The van der Waals surface area contributed by atoms with Gasteiger partial charge in [-0.3, -0.25) is 9.59 Å². The average Bonchev–Trinajstić information content (AvgIpc) is 2.96. The molecule has 0 saturated carbocycles. The van der Waals surface area contributed by atoms with E-state index in [9.17, 15) is 18.0 Å². The number of nitrogens with zero attached hydrogens (tertiary/aromatic N) is 2. The average molecular weight is 564 g/mol. The first-order valence-electron chi connectivity index (χ1n) is 13.8. The maximum Gasteiger partial charge on any atom is 0.243 e. The molecule has 3 aromatic rings. The molecule has 40 heavy (non-hydrogen) atoms. The fourth-order valence-corrected chi connectivity index (χ4v) is 5.69. The van der Waals surface area contributed by atoms with E-state index in [0.717, 1.165) is 23.1 Å². The zero-order valence-corrected chi connectivity index (χ0v) is 24.7. The molecule has 3 rings (SSSR count). The number of rotatable bonds is 14. The molecular weight excluding hydrogens is 522 g/mol. The van der Waals surface area contributed by atoms with Gasteiger partial charge in [0.2, 0.25) is 21.8 Å². The van der Waals surface area contributed by atoms with Crippen LogP contribution in [-0.2, 0) is 32.6 Å². The summed E-state index contributed by atoms with van der Waals surface area (Å²) in [6.07, 6.45) is 1.60. The van der Waals surface area contributed by atoms with Gasteiger partial charge >= 0.3 is 0 Å². The summed E-state index contributed by atoms with van der Waals surface area (Å²) in [6, 6.07) is 25.1. The van der Waals surface area contributed by atoms with Crippen molar-refractivity contribution in [2.45, 2.75) is 70.0 Å². The first-order chi connectivity index (χ1) is 19.1. The van der Waals surface area contributed by atoms with Gasteiger partial charge in [-0.1, -0.05) is 79.7 Å². The maximum absolute atomic E-state index is 13.8. The van der Waals surface area contributed by atoms with Gasteiger partial charge in [-0.25, -0.2) is 12.7 Å². The van der Waals surface area contributed by atoms with Gasteiger partial charge in [0.05, 0.1) is 4.90 Å². The van der Waals surface area contributed by atoms with Crippen LogP contribution >= 0.6 is 0 Å². The lowest BCUT2D eigenvalue weighted by Crippen LogP contribution is -2.52. The second-order valence-corrected chi connectivity index (χ2v) is 12.3. The monoisotopic (exact) mass is 563 g/mol. The molecule has 0 spiro atoms. The van der Waals surface area contributed by atoms with Gasteiger partial charge in [-0.15, -0.1) is 0 Å². The molecule has 0 unspecified atom stereocenters. The molecule has 8 heteroatoms. The van der Waals surface area contributed by atoms with Crippen molar-refractivity contribution < 1.29 is 18.0 Å². The Kier molecular flexibility index (Phi) is 11.5. The summed E-state index contributed by atoms with van der Waals surface area (Å²) in [5.41, 5.74) is 2.96. The molecule has 2 atom stereocenters. The minimum Gasteiger partial charge on any atom is -0.352 e. The normalized spacial score (nSPS) is 13.0. The van der Waals surface area contributed by atoms with Crippen LogP contribution in [0.25, 0.3) is 0 Å². The minimum atomic E-state index is -3.65. The number of hydrogen-bond donors (Lipinski definition) is 1. The summed E-state index contributed by atoms with van der Waals surface area (Å²) in [7, 11) is -2.13. The number of benzene rings is 3. The molecular formula is C32H41N3O4S. The summed E-state index contributed by atoms with van der Waals surface area (Å²) in [4.78, 5) is 29.3. The van der Waals surface area contributed by atoms with E-state index in [-0.39, 0.29) is 42.3 Å². The Morgan fingerprint density at radius 1 is 0.900 bits per heavy atom. The predicted molar refractivity (Wildman–Crippen MR) is 159 cm³/mol. The van der Waals surface area contributed by atoms with E-state index in [1.807, 2.05) is 75.4 Å². The Morgan fingerprint density at radius 3 is 2.12 bits per heavy atom. The van der Waals surface area contributed by atoms with Crippen molar-refractivity contribution in [3.63, 3.8) is 0 Å². The van der Waals surface area contributed by atoms with Crippen LogP contribution in [0.15, 0.2) is 89.8 Å². The van der Waals surface area contributed by atoms with E-state index in [1.165, 1.54) is 11.4 Å². The summed E-state index contributed by atoms with van der Waals surface area (Å²) < 4.78 is 27.1. The van der Waals surface area contributed by atoms with E-state index < -0.39 is 16.1 Å². The summed E-state index contributed by atoms with van der Waals surface area (Å²) in [5.74, 6) is -0.377. The van der Waals surface area contributed by atoms with E-state index >= 15 is 0 Å². The van der Waals surface area contributed by atoms with Crippen LogP contribution in [0, 0.1) is 6.92 Å². The van der Waals surface area contributed by atoms with Gasteiger partial charge in [0.1, 0.15) is 6.04 Å². The molecule has 0 radical (unpaired) electrons. The molecule has 2 amide bonds. The van der Waals surface area contributed by atoms with Gasteiger partial charge in [0.15, 0.2) is 0 Å². The lowest BCUT2D eigenvalue weighted by atomic mass is 10.0. The fourth-order valence-electron chi connectivity index (χ4n) is 4.46. The molecule has 0 aliphatic heterocycles. The number of amides is 2. The van der Waals surface area contributed by atoms with Crippen LogP contribution in [-0.4, -0.2) is 55.1 Å². The third-order valence-corrected chi connectivity index (χ3v) is 9.06. The molecule has 0 heterocycles. The van der Waals surface area contributed by atoms with Crippen molar-refractivity contribution in [3.05, 3.63) is 102 Å². The Balaban J connectivity index is 1.84. The van der Waals surface area contributed by atoms with Crippen LogP contribution in [0.4, 0.5) is 0 Å². The first kappa shape index (κ1) is 31.0. The van der Waals surface area contributed by atoms with Crippen LogP contribution in [0.3, 0.4) is 0 Å². The number of aryl methyl sites for hydroxylation is 1. The molecule has 3 aromatic carbocycles. The van der Waals surface area contributed by atoms with Crippen molar-refractivity contribution in [2.24, 2.45) is 0 Å². The highest BCUT2D eigenvalue weighted by Gasteiger charge is 2.31. The van der Waals surface area contributed by atoms with E-state index in [1.54, 1.807) is 35.2 Å². The van der Waals surface area contributed by atoms with Gasteiger partial charge in [-0.05, 0) is 55.5 Å². The molecule has 0 saturated heterocycles. The van der Waals surface area contributed by atoms with Gasteiger partial charge < -0.3 is 10.2 Å². The van der Waals surface area contributed by atoms with Crippen LogP contribution in [0.2, 0.25) is 0 Å². The second-order valence-electron chi connectivity index (χ2n) is 10.2. The lowest BCUT2D eigenvalue weighted by molar-refractivity contribution is -0.141. The Labute approximate surface area is 239 Å². The van der Waals surface area contributed by atoms with Crippen LogP contribution < -0.4 is 5.32 Å². The number of hydrogen-bond acceptors (Lipinski definition) is 4. The van der Waals surface area contributed by atoms with Gasteiger partial charge in [0, 0.05) is 39.0 Å². The highest BCUT2D eigenvalue weighted by molar-refractivity contribution is 7.89. The summed E-state index contributed by atoms with van der Waals surface area (Å²) >= 11 is 0. The van der Waals surface area contributed by atoms with E-state index in [2.05, 4.69) is 5.32 Å².